The topological polar surface area (TPSA) is 92.0 Å². The van der Waals surface area contributed by atoms with Crippen LogP contribution < -0.4 is 15.5 Å². The van der Waals surface area contributed by atoms with Crippen LogP contribution >= 0.6 is 0 Å². The molecule has 0 aliphatic heterocycles. The molecule has 0 atom stereocenters. The van der Waals surface area contributed by atoms with Crippen LogP contribution in [0.5, 0.6) is 0 Å². The van der Waals surface area contributed by atoms with Crippen LogP contribution in [0.4, 0.5) is 17.8 Å². The molecule has 108 valence electrons. The number of aromatic nitrogens is 4. The third kappa shape index (κ3) is 3.56. The number of nitrogens with one attached hydrogen (secondary N) is 2. The van der Waals surface area contributed by atoms with Crippen LogP contribution in [0.25, 0.3) is 0 Å². The van der Waals surface area contributed by atoms with Gasteiger partial charge in [0.05, 0.1) is 12.7 Å². The van der Waals surface area contributed by atoms with Crippen LogP contribution in [0.2, 0.25) is 0 Å². The van der Waals surface area contributed by atoms with Crippen molar-refractivity contribution in [2.75, 3.05) is 36.2 Å². The largest absolute Gasteiger partial charge is 0.444 e. The van der Waals surface area contributed by atoms with Gasteiger partial charge in [0.1, 0.15) is 5.76 Å². The van der Waals surface area contributed by atoms with Crippen molar-refractivity contribution in [3.8, 4) is 0 Å². The highest BCUT2D eigenvalue weighted by Gasteiger charge is 2.08. The SMILES string of the molecule is CCNc1nc(NCc2ncc(C)o2)nc(N(C)C)n1. The van der Waals surface area contributed by atoms with E-state index in [-0.39, 0.29) is 0 Å². The number of hydrogen-bond donors (Lipinski definition) is 2. The molecule has 8 heteroatoms. The molecule has 2 rings (SSSR count). The molecule has 0 saturated heterocycles. The molecule has 0 spiro atoms. The Balaban J connectivity index is 2.13. The van der Waals surface area contributed by atoms with Crippen molar-refractivity contribution >= 4 is 17.8 Å². The third-order valence-corrected chi connectivity index (χ3v) is 2.43. The van der Waals surface area contributed by atoms with Gasteiger partial charge in [-0.1, -0.05) is 0 Å². The summed E-state index contributed by atoms with van der Waals surface area (Å²) in [4.78, 5) is 18.8. The molecule has 8 nitrogen and oxygen atoms in total. The monoisotopic (exact) mass is 277 g/mol. The fourth-order valence-corrected chi connectivity index (χ4v) is 1.52. The van der Waals surface area contributed by atoms with Crippen LogP contribution in [0.15, 0.2) is 10.6 Å². The second-order valence-corrected chi connectivity index (χ2v) is 4.43. The van der Waals surface area contributed by atoms with Gasteiger partial charge in [-0.3, -0.25) is 0 Å². The highest BCUT2D eigenvalue weighted by molar-refractivity contribution is 5.42. The lowest BCUT2D eigenvalue weighted by atomic mass is 10.6. The Morgan fingerprint density at radius 1 is 1.15 bits per heavy atom. The third-order valence-electron chi connectivity index (χ3n) is 2.43. The molecule has 0 amide bonds. The van der Waals surface area contributed by atoms with E-state index in [2.05, 4.69) is 30.6 Å². The van der Waals surface area contributed by atoms with Crippen LogP contribution in [0, 0.1) is 6.92 Å². The van der Waals surface area contributed by atoms with Gasteiger partial charge >= 0.3 is 0 Å². The number of nitrogens with zero attached hydrogens (tertiary/aromatic N) is 5. The lowest BCUT2D eigenvalue weighted by Gasteiger charge is -2.13. The van der Waals surface area contributed by atoms with Gasteiger partial charge in [0.25, 0.3) is 0 Å². The van der Waals surface area contributed by atoms with E-state index in [1.807, 2.05) is 32.8 Å². The highest BCUT2D eigenvalue weighted by Crippen LogP contribution is 2.12. The smallest absolute Gasteiger partial charge is 0.231 e. The van der Waals surface area contributed by atoms with E-state index >= 15 is 0 Å². The Kier molecular flexibility index (Phi) is 4.34. The summed E-state index contributed by atoms with van der Waals surface area (Å²) in [5, 5.41) is 6.16. The summed E-state index contributed by atoms with van der Waals surface area (Å²) in [5.41, 5.74) is 0. The van der Waals surface area contributed by atoms with E-state index in [9.17, 15) is 0 Å². The molecule has 0 aliphatic carbocycles. The van der Waals surface area contributed by atoms with Gasteiger partial charge in [0, 0.05) is 20.6 Å². The van der Waals surface area contributed by atoms with Gasteiger partial charge in [0.15, 0.2) is 0 Å². The normalized spacial score (nSPS) is 10.4. The lowest BCUT2D eigenvalue weighted by molar-refractivity contribution is 0.478. The molecule has 2 heterocycles. The maximum Gasteiger partial charge on any atom is 0.231 e. The van der Waals surface area contributed by atoms with Gasteiger partial charge in [-0.15, -0.1) is 0 Å². The van der Waals surface area contributed by atoms with Crippen LogP contribution in [0.1, 0.15) is 18.6 Å². The molecule has 2 N–H and O–H groups in total. The van der Waals surface area contributed by atoms with Gasteiger partial charge in [-0.2, -0.15) is 15.0 Å². The summed E-state index contributed by atoms with van der Waals surface area (Å²) in [6.45, 7) is 5.01. The molecule has 0 saturated carbocycles. The van der Waals surface area contributed by atoms with E-state index < -0.39 is 0 Å². The Hall–Kier alpha value is -2.38. The summed E-state index contributed by atoms with van der Waals surface area (Å²) in [7, 11) is 3.76. The Labute approximate surface area is 117 Å². The molecule has 2 aromatic rings. The number of aryl methyl sites for hydroxylation is 1. The second kappa shape index (κ2) is 6.18. The van der Waals surface area contributed by atoms with E-state index in [1.165, 1.54) is 0 Å². The number of oxazole rings is 1. The molecule has 0 bridgehead atoms. The lowest BCUT2D eigenvalue weighted by Crippen LogP contribution is -2.17. The minimum atomic E-state index is 0.427. The Bertz CT molecular complexity index is 567. The van der Waals surface area contributed by atoms with E-state index in [4.69, 9.17) is 4.42 Å². The molecule has 0 aliphatic rings. The maximum absolute atomic E-state index is 5.39. The predicted molar refractivity (Wildman–Crippen MR) is 76.9 cm³/mol. The van der Waals surface area contributed by atoms with E-state index in [0.29, 0.717) is 30.3 Å². The van der Waals surface area contributed by atoms with Crippen LogP contribution in [0.3, 0.4) is 0 Å². The molecule has 20 heavy (non-hydrogen) atoms. The summed E-state index contributed by atoms with van der Waals surface area (Å²) in [6.07, 6.45) is 1.68. The summed E-state index contributed by atoms with van der Waals surface area (Å²) >= 11 is 0. The zero-order chi connectivity index (χ0) is 14.5. The molecule has 0 radical (unpaired) electrons. The zero-order valence-electron chi connectivity index (χ0n) is 12.1. The quantitative estimate of drug-likeness (QED) is 0.815. The average Bonchev–Trinajstić information content (AvgIpc) is 2.82. The molecule has 0 unspecified atom stereocenters. The fourth-order valence-electron chi connectivity index (χ4n) is 1.52. The zero-order valence-corrected chi connectivity index (χ0v) is 12.1. The van der Waals surface area contributed by atoms with Crippen molar-refractivity contribution in [3.05, 3.63) is 17.8 Å². The van der Waals surface area contributed by atoms with E-state index in [0.717, 1.165) is 12.3 Å². The maximum atomic E-state index is 5.39. The number of rotatable bonds is 6. The number of hydrogen-bond acceptors (Lipinski definition) is 8. The first-order chi connectivity index (χ1) is 9.58. The summed E-state index contributed by atoms with van der Waals surface area (Å²) < 4.78 is 5.39. The first-order valence-corrected chi connectivity index (χ1v) is 6.41. The first-order valence-electron chi connectivity index (χ1n) is 6.41. The fraction of sp³-hybridized carbons (Fsp3) is 0.500. The van der Waals surface area contributed by atoms with Crippen molar-refractivity contribution in [2.45, 2.75) is 20.4 Å². The molecule has 0 aromatic carbocycles. The minimum absolute atomic E-state index is 0.427. The summed E-state index contributed by atoms with van der Waals surface area (Å²) in [6, 6.07) is 0. The molecule has 2 aromatic heterocycles. The van der Waals surface area contributed by atoms with Crippen molar-refractivity contribution < 1.29 is 4.42 Å². The van der Waals surface area contributed by atoms with Crippen molar-refractivity contribution in [3.63, 3.8) is 0 Å². The van der Waals surface area contributed by atoms with E-state index in [1.54, 1.807) is 6.20 Å². The predicted octanol–water partition coefficient (Wildman–Crippen LogP) is 1.28. The Morgan fingerprint density at radius 2 is 1.85 bits per heavy atom. The van der Waals surface area contributed by atoms with Gasteiger partial charge in [-0.05, 0) is 13.8 Å². The molecular weight excluding hydrogens is 258 g/mol. The standard InChI is InChI=1S/C12H19N7O/c1-5-13-10-16-11(18-12(17-10)19(3)4)15-7-9-14-6-8(2)20-9/h6H,5,7H2,1-4H3,(H2,13,15,16,17,18). The van der Waals surface area contributed by atoms with Crippen LogP contribution in [-0.2, 0) is 6.54 Å². The highest BCUT2D eigenvalue weighted by atomic mass is 16.4. The minimum Gasteiger partial charge on any atom is -0.444 e. The molecular formula is C12H19N7O. The first kappa shape index (κ1) is 14.0. The second-order valence-electron chi connectivity index (χ2n) is 4.43. The van der Waals surface area contributed by atoms with Crippen molar-refractivity contribution in [1.29, 1.82) is 0 Å². The Morgan fingerprint density at radius 3 is 2.40 bits per heavy atom. The molecule has 0 fully saturated rings. The number of anilines is 3. The summed E-state index contributed by atoms with van der Waals surface area (Å²) in [5.74, 6) is 2.98. The van der Waals surface area contributed by atoms with Gasteiger partial charge in [-0.25, -0.2) is 4.98 Å². The van der Waals surface area contributed by atoms with Crippen molar-refractivity contribution in [2.24, 2.45) is 0 Å². The van der Waals surface area contributed by atoms with Gasteiger partial charge < -0.3 is 20.0 Å². The van der Waals surface area contributed by atoms with Crippen LogP contribution in [-0.4, -0.2) is 40.6 Å². The van der Waals surface area contributed by atoms with Gasteiger partial charge in [0.2, 0.25) is 23.7 Å². The van der Waals surface area contributed by atoms with Crippen molar-refractivity contribution in [1.82, 2.24) is 19.9 Å². The average molecular weight is 277 g/mol.